The summed E-state index contributed by atoms with van der Waals surface area (Å²) < 4.78 is 1.89. The number of pyridine rings is 2. The van der Waals surface area contributed by atoms with Gasteiger partial charge in [-0.3, -0.25) is 15.1 Å². The molecule has 0 radical (unpaired) electrons. The Labute approximate surface area is 196 Å². The molecule has 0 saturated carbocycles. The van der Waals surface area contributed by atoms with Crippen LogP contribution in [0.5, 0.6) is 0 Å². The lowest BCUT2D eigenvalue weighted by atomic mass is 9.97. The molecule has 174 valence electrons. The zero-order chi connectivity index (χ0) is 23.4. The number of piperidine rings is 1. The Hall–Kier alpha value is -2.99. The van der Waals surface area contributed by atoms with Crippen LogP contribution in [0.4, 0.5) is 0 Å². The number of fused-ring (bicyclic) bond motifs is 1. The van der Waals surface area contributed by atoms with Crippen LogP contribution in [-0.4, -0.2) is 38.9 Å². The van der Waals surface area contributed by atoms with Crippen molar-refractivity contribution in [3.63, 3.8) is 0 Å². The molecule has 33 heavy (non-hydrogen) atoms. The van der Waals surface area contributed by atoms with Gasteiger partial charge in [0.25, 0.3) is 5.56 Å². The number of nitrogens with one attached hydrogen (secondary N) is 1. The van der Waals surface area contributed by atoms with Gasteiger partial charge in [0.1, 0.15) is 11.5 Å². The van der Waals surface area contributed by atoms with Crippen LogP contribution in [-0.2, 0) is 6.54 Å². The Morgan fingerprint density at radius 3 is 2.52 bits per heavy atom. The molecule has 1 aliphatic heterocycles. The van der Waals surface area contributed by atoms with Crippen molar-refractivity contribution in [1.82, 2.24) is 14.5 Å². The summed E-state index contributed by atoms with van der Waals surface area (Å²) in [6, 6.07) is 16.6. The average molecular weight is 446 g/mol. The standard InChI is InChI=1S/C27H35N5O/c1-19-10-8-11-20(2)31(19)16-6-3-7-17-32-25-15-5-4-12-21(25)18-22(27(32)33)23-13-9-14-24(30-23)26(28)29/h4-5,9,12-15,18-20H,3,6-8,10-11,16-17H2,1-2H3,(H3,28,29)/t19-,20+. The van der Waals surface area contributed by atoms with Crippen molar-refractivity contribution < 1.29 is 0 Å². The Morgan fingerprint density at radius 1 is 1.03 bits per heavy atom. The van der Waals surface area contributed by atoms with Crippen molar-refractivity contribution in [3.8, 4) is 11.3 Å². The Morgan fingerprint density at radius 2 is 1.76 bits per heavy atom. The molecule has 2 aromatic heterocycles. The highest BCUT2D eigenvalue weighted by Gasteiger charge is 2.23. The zero-order valence-electron chi connectivity index (χ0n) is 19.8. The fourth-order valence-corrected chi connectivity index (χ4v) is 5.12. The van der Waals surface area contributed by atoms with Gasteiger partial charge in [-0.15, -0.1) is 0 Å². The van der Waals surface area contributed by atoms with E-state index in [-0.39, 0.29) is 11.4 Å². The molecule has 0 amide bonds. The third-order valence-electron chi connectivity index (χ3n) is 6.98. The Kier molecular flexibility index (Phi) is 7.23. The zero-order valence-corrected chi connectivity index (χ0v) is 19.8. The van der Waals surface area contributed by atoms with Crippen LogP contribution >= 0.6 is 0 Å². The van der Waals surface area contributed by atoms with Crippen molar-refractivity contribution in [1.29, 1.82) is 5.41 Å². The highest BCUT2D eigenvalue weighted by molar-refractivity contribution is 5.93. The molecule has 6 heteroatoms. The van der Waals surface area contributed by atoms with E-state index in [9.17, 15) is 4.79 Å². The lowest BCUT2D eigenvalue weighted by Gasteiger charge is -2.39. The third kappa shape index (κ3) is 5.17. The summed E-state index contributed by atoms with van der Waals surface area (Å²) in [5.41, 5.74) is 8.01. The van der Waals surface area contributed by atoms with E-state index in [1.165, 1.54) is 19.3 Å². The van der Waals surface area contributed by atoms with Crippen LogP contribution in [0.15, 0.2) is 53.3 Å². The Balaban J connectivity index is 1.52. The summed E-state index contributed by atoms with van der Waals surface area (Å²) in [6.07, 6.45) is 7.16. The lowest BCUT2D eigenvalue weighted by Crippen LogP contribution is -2.44. The maximum Gasteiger partial charge on any atom is 0.260 e. The van der Waals surface area contributed by atoms with Crippen molar-refractivity contribution in [2.45, 2.75) is 71.0 Å². The number of unbranched alkanes of at least 4 members (excludes halogenated alkanes) is 2. The fraction of sp³-hybridized carbons (Fsp3) is 0.444. The number of nitrogens with two attached hydrogens (primary N) is 1. The monoisotopic (exact) mass is 445 g/mol. The summed E-state index contributed by atoms with van der Waals surface area (Å²) in [5.74, 6) is -0.102. The molecule has 2 atom stereocenters. The Bertz CT molecular complexity index is 1170. The maximum atomic E-state index is 13.5. The molecular formula is C27H35N5O. The molecule has 1 saturated heterocycles. The summed E-state index contributed by atoms with van der Waals surface area (Å²) in [5, 5.41) is 8.69. The van der Waals surface area contributed by atoms with Crippen LogP contribution in [0.25, 0.3) is 22.2 Å². The first-order valence-electron chi connectivity index (χ1n) is 12.2. The second kappa shape index (κ2) is 10.3. The van der Waals surface area contributed by atoms with E-state index in [4.69, 9.17) is 11.1 Å². The number of nitrogens with zero attached hydrogens (tertiary/aromatic N) is 3. The van der Waals surface area contributed by atoms with E-state index < -0.39 is 0 Å². The number of para-hydroxylation sites is 1. The quantitative estimate of drug-likeness (QED) is 0.297. The summed E-state index contributed by atoms with van der Waals surface area (Å²) in [7, 11) is 0. The molecule has 1 fully saturated rings. The first-order chi connectivity index (χ1) is 16.0. The van der Waals surface area contributed by atoms with E-state index in [2.05, 4.69) is 23.7 Å². The van der Waals surface area contributed by atoms with Crippen molar-refractivity contribution in [3.05, 3.63) is 64.6 Å². The van der Waals surface area contributed by atoms with Gasteiger partial charge in [-0.05, 0) is 75.7 Å². The van der Waals surface area contributed by atoms with Crippen LogP contribution in [0.1, 0.15) is 58.1 Å². The second-order valence-corrected chi connectivity index (χ2v) is 9.32. The SMILES string of the molecule is C[C@@H]1CCC[C@H](C)N1CCCCCn1c(=O)c(-c2cccc(C(=N)N)n2)cc2ccccc21. The maximum absolute atomic E-state index is 13.5. The molecule has 0 aliphatic carbocycles. The van der Waals surface area contributed by atoms with Gasteiger partial charge >= 0.3 is 0 Å². The number of likely N-dealkylation sites (tertiary alicyclic amines) is 1. The van der Waals surface area contributed by atoms with E-state index >= 15 is 0 Å². The van der Waals surface area contributed by atoms with Crippen molar-refractivity contribution in [2.24, 2.45) is 5.73 Å². The number of hydrogen-bond acceptors (Lipinski definition) is 4. The number of aromatic nitrogens is 2. The van der Waals surface area contributed by atoms with Gasteiger partial charge in [0.15, 0.2) is 0 Å². The minimum Gasteiger partial charge on any atom is -0.382 e. The molecule has 6 nitrogen and oxygen atoms in total. The highest BCUT2D eigenvalue weighted by atomic mass is 16.1. The molecule has 0 bridgehead atoms. The second-order valence-electron chi connectivity index (χ2n) is 9.32. The van der Waals surface area contributed by atoms with Gasteiger partial charge in [0.2, 0.25) is 0 Å². The first-order valence-corrected chi connectivity index (χ1v) is 12.2. The normalized spacial score (nSPS) is 19.1. The predicted octanol–water partition coefficient (Wildman–Crippen LogP) is 4.78. The predicted molar refractivity (Wildman–Crippen MR) is 136 cm³/mol. The number of aryl methyl sites for hydroxylation is 1. The van der Waals surface area contributed by atoms with E-state index in [0.717, 1.165) is 36.7 Å². The molecule has 3 aromatic rings. The molecule has 4 rings (SSSR count). The van der Waals surface area contributed by atoms with Crippen LogP contribution in [0.3, 0.4) is 0 Å². The molecule has 3 N–H and O–H groups in total. The van der Waals surface area contributed by atoms with E-state index in [1.54, 1.807) is 12.1 Å². The van der Waals surface area contributed by atoms with Gasteiger partial charge in [-0.25, -0.2) is 4.98 Å². The highest BCUT2D eigenvalue weighted by Crippen LogP contribution is 2.23. The number of hydrogen-bond donors (Lipinski definition) is 2. The van der Waals surface area contributed by atoms with Crippen molar-refractivity contribution >= 4 is 16.7 Å². The minimum atomic E-state index is -0.102. The van der Waals surface area contributed by atoms with Crippen LogP contribution in [0.2, 0.25) is 0 Å². The van der Waals surface area contributed by atoms with E-state index in [0.29, 0.717) is 35.6 Å². The fourth-order valence-electron chi connectivity index (χ4n) is 5.12. The van der Waals surface area contributed by atoms with Gasteiger partial charge in [0.05, 0.1) is 16.8 Å². The van der Waals surface area contributed by atoms with Crippen molar-refractivity contribution in [2.75, 3.05) is 6.54 Å². The molecule has 3 heterocycles. The first kappa shape index (κ1) is 23.2. The number of amidine groups is 1. The average Bonchev–Trinajstić information content (AvgIpc) is 2.81. The lowest BCUT2D eigenvalue weighted by molar-refractivity contribution is 0.101. The molecule has 1 aliphatic rings. The molecule has 0 spiro atoms. The minimum absolute atomic E-state index is 0.0415. The van der Waals surface area contributed by atoms with E-state index in [1.807, 2.05) is 41.0 Å². The number of nitrogen functional groups attached to an aromatic ring is 1. The van der Waals surface area contributed by atoms with Gasteiger partial charge in [0, 0.05) is 18.6 Å². The summed E-state index contributed by atoms with van der Waals surface area (Å²) >= 11 is 0. The molecule has 0 unspecified atom stereocenters. The molecule has 1 aromatic carbocycles. The number of benzene rings is 1. The molecular weight excluding hydrogens is 410 g/mol. The van der Waals surface area contributed by atoms with Crippen LogP contribution < -0.4 is 11.3 Å². The number of rotatable bonds is 8. The van der Waals surface area contributed by atoms with Gasteiger partial charge < -0.3 is 10.3 Å². The topological polar surface area (TPSA) is 88.0 Å². The summed E-state index contributed by atoms with van der Waals surface area (Å²) in [6.45, 7) is 6.52. The van der Waals surface area contributed by atoms with Gasteiger partial charge in [-0.1, -0.05) is 37.1 Å². The van der Waals surface area contributed by atoms with Gasteiger partial charge in [-0.2, -0.15) is 0 Å². The smallest absolute Gasteiger partial charge is 0.260 e. The summed E-state index contributed by atoms with van der Waals surface area (Å²) in [4.78, 5) is 20.6. The largest absolute Gasteiger partial charge is 0.382 e. The van der Waals surface area contributed by atoms with Crippen LogP contribution in [0, 0.1) is 5.41 Å². The third-order valence-corrected chi connectivity index (χ3v) is 6.98.